The zero-order chi connectivity index (χ0) is 34.0. The van der Waals surface area contributed by atoms with Crippen LogP contribution in [0.3, 0.4) is 0 Å². The summed E-state index contributed by atoms with van der Waals surface area (Å²) in [5.41, 5.74) is -0.338. The number of benzene rings is 3. The number of carboxylic acids is 1. The van der Waals surface area contributed by atoms with E-state index in [1.165, 1.54) is 57.7 Å². The van der Waals surface area contributed by atoms with E-state index in [4.69, 9.17) is 33.2 Å². The summed E-state index contributed by atoms with van der Waals surface area (Å²) in [4.78, 5) is 74.9. The van der Waals surface area contributed by atoms with Gasteiger partial charge in [0.15, 0.2) is 23.0 Å². The highest BCUT2D eigenvalue weighted by molar-refractivity contribution is 6.02. The summed E-state index contributed by atoms with van der Waals surface area (Å²) in [6.07, 6.45) is -4.62. The van der Waals surface area contributed by atoms with Gasteiger partial charge in [-0.15, -0.1) is 0 Å². The lowest BCUT2D eigenvalue weighted by atomic mass is 10.1. The van der Waals surface area contributed by atoms with Crippen LogP contribution >= 0.6 is 0 Å². The van der Waals surface area contributed by atoms with Crippen LogP contribution in [0.15, 0.2) is 60.7 Å². The van der Waals surface area contributed by atoms with Crippen molar-refractivity contribution in [1.82, 2.24) is 0 Å². The Hall–Kier alpha value is -6.12. The van der Waals surface area contributed by atoms with Crippen molar-refractivity contribution in [2.24, 2.45) is 0 Å². The summed E-state index contributed by atoms with van der Waals surface area (Å²) in [6.45, 7) is 2.31. The van der Waals surface area contributed by atoms with Crippen molar-refractivity contribution in [2.45, 2.75) is 26.1 Å². The maximum atomic E-state index is 13.5. The molecule has 46 heavy (non-hydrogen) atoms. The second-order valence-corrected chi connectivity index (χ2v) is 9.13. The summed E-state index contributed by atoms with van der Waals surface area (Å²) >= 11 is 0. The number of anilines is 1. The Morgan fingerprint density at radius 2 is 1.13 bits per heavy atom. The van der Waals surface area contributed by atoms with Crippen LogP contribution in [0.1, 0.15) is 34.6 Å². The highest BCUT2D eigenvalue weighted by atomic mass is 16.6. The van der Waals surface area contributed by atoms with E-state index in [0.29, 0.717) is 5.75 Å². The third kappa shape index (κ3) is 8.95. The van der Waals surface area contributed by atoms with E-state index in [2.05, 4.69) is 5.32 Å². The Labute approximate surface area is 261 Å². The second-order valence-electron chi connectivity index (χ2n) is 9.13. The predicted molar refractivity (Wildman–Crippen MR) is 156 cm³/mol. The lowest BCUT2D eigenvalue weighted by molar-refractivity contribution is -0.157. The standard InChI is InChI=1S/C31H29NO14/c1-16(33)43-22-11-9-18(13-24(22)41-4)30(38)45-26(28(35)32-20-7-6-8-21(15-20)40-3)27(29(36)37)46-31(39)19-10-12-23(44-17(2)34)25(14-19)42-5/h6-15,26-27H,1-5H3,(H,32,35)(H,36,37)/t26-,27+/m0/s1. The van der Waals surface area contributed by atoms with E-state index in [9.17, 15) is 33.9 Å². The van der Waals surface area contributed by atoms with Gasteiger partial charge >= 0.3 is 29.8 Å². The van der Waals surface area contributed by atoms with Crippen LogP contribution in [-0.4, -0.2) is 74.4 Å². The van der Waals surface area contributed by atoms with Gasteiger partial charge in [-0.3, -0.25) is 14.4 Å². The van der Waals surface area contributed by atoms with Crippen LogP contribution in [-0.2, 0) is 28.7 Å². The SMILES string of the molecule is COc1cccc(NC(=O)[C@@H](OC(=O)c2ccc(OC(C)=O)c(OC)c2)[C@@H](OC(=O)c2ccc(OC(C)=O)c(OC)c2)C(=O)O)c1. The number of nitrogens with one attached hydrogen (secondary N) is 1. The first kappa shape index (κ1) is 34.4. The van der Waals surface area contributed by atoms with Gasteiger partial charge in [0.2, 0.25) is 12.2 Å². The number of carbonyl (C=O) groups is 6. The molecule has 0 aliphatic heterocycles. The minimum atomic E-state index is -2.37. The smallest absolute Gasteiger partial charge is 0.349 e. The van der Waals surface area contributed by atoms with Crippen molar-refractivity contribution < 1.29 is 67.0 Å². The van der Waals surface area contributed by atoms with Crippen molar-refractivity contribution >= 4 is 41.4 Å². The molecule has 3 aromatic carbocycles. The van der Waals surface area contributed by atoms with E-state index < -0.39 is 48.0 Å². The molecule has 0 heterocycles. The summed E-state index contributed by atoms with van der Waals surface area (Å²) in [5.74, 6) is -6.60. The van der Waals surface area contributed by atoms with Crippen LogP contribution in [0.2, 0.25) is 0 Å². The molecule has 0 aromatic heterocycles. The van der Waals surface area contributed by atoms with E-state index in [1.807, 2.05) is 0 Å². The molecule has 2 atom stereocenters. The normalized spacial score (nSPS) is 11.6. The first-order valence-electron chi connectivity index (χ1n) is 13.2. The number of methoxy groups -OCH3 is 3. The molecule has 0 saturated carbocycles. The molecule has 0 fully saturated rings. The average molecular weight is 640 g/mol. The van der Waals surface area contributed by atoms with Crippen LogP contribution < -0.4 is 29.0 Å². The largest absolute Gasteiger partial charge is 0.497 e. The van der Waals surface area contributed by atoms with Gasteiger partial charge in [0.05, 0.1) is 32.5 Å². The quantitative estimate of drug-likeness (QED) is 0.204. The number of amides is 1. The summed E-state index contributed by atoms with van der Waals surface area (Å²) in [5, 5.41) is 12.5. The summed E-state index contributed by atoms with van der Waals surface area (Å²) < 4.78 is 35.9. The molecule has 0 aliphatic rings. The Bertz CT molecular complexity index is 1650. The van der Waals surface area contributed by atoms with Crippen LogP contribution in [0, 0.1) is 0 Å². The Morgan fingerprint density at radius 1 is 0.630 bits per heavy atom. The van der Waals surface area contributed by atoms with Gasteiger partial charge in [0, 0.05) is 25.6 Å². The van der Waals surface area contributed by atoms with E-state index in [1.54, 1.807) is 6.07 Å². The van der Waals surface area contributed by atoms with E-state index in [0.717, 1.165) is 32.0 Å². The number of esters is 4. The van der Waals surface area contributed by atoms with Gasteiger partial charge in [0.25, 0.3) is 5.91 Å². The molecule has 3 aromatic rings. The fourth-order valence-corrected chi connectivity index (χ4v) is 3.84. The van der Waals surface area contributed by atoms with E-state index >= 15 is 0 Å². The number of ether oxygens (including phenoxy) is 7. The molecule has 0 aliphatic carbocycles. The molecular formula is C31H29NO14. The molecule has 242 valence electrons. The molecule has 1 amide bonds. The van der Waals surface area contributed by atoms with Crippen molar-refractivity contribution in [3.05, 3.63) is 71.8 Å². The van der Waals surface area contributed by atoms with Crippen LogP contribution in [0.25, 0.3) is 0 Å². The third-order valence-corrected chi connectivity index (χ3v) is 5.89. The number of carbonyl (C=O) groups excluding carboxylic acids is 5. The first-order chi connectivity index (χ1) is 21.9. The zero-order valence-corrected chi connectivity index (χ0v) is 25.2. The Balaban J connectivity index is 1.98. The highest BCUT2D eigenvalue weighted by Crippen LogP contribution is 2.30. The van der Waals surface area contributed by atoms with Gasteiger partial charge in [-0.2, -0.15) is 0 Å². The van der Waals surface area contributed by atoms with Gasteiger partial charge in [-0.25, -0.2) is 14.4 Å². The molecule has 0 unspecified atom stereocenters. The minimum absolute atomic E-state index is 0.0219. The minimum Gasteiger partial charge on any atom is -0.497 e. The highest BCUT2D eigenvalue weighted by Gasteiger charge is 2.41. The molecule has 0 saturated heterocycles. The fourth-order valence-electron chi connectivity index (χ4n) is 3.84. The van der Waals surface area contributed by atoms with Crippen molar-refractivity contribution in [2.75, 3.05) is 26.6 Å². The lowest BCUT2D eigenvalue weighted by Crippen LogP contribution is -2.48. The molecule has 3 rings (SSSR count). The van der Waals surface area contributed by atoms with Crippen LogP contribution in [0.4, 0.5) is 5.69 Å². The molecule has 15 heteroatoms. The number of rotatable bonds is 13. The summed E-state index contributed by atoms with van der Waals surface area (Å²) in [7, 11) is 3.87. The number of aliphatic carboxylic acids is 1. The molecule has 0 spiro atoms. The van der Waals surface area contributed by atoms with E-state index in [-0.39, 0.29) is 39.8 Å². The molecule has 0 bridgehead atoms. The maximum absolute atomic E-state index is 13.5. The molecular weight excluding hydrogens is 610 g/mol. The predicted octanol–water partition coefficient (Wildman–Crippen LogP) is 3.04. The second kappa shape index (κ2) is 15.6. The third-order valence-electron chi connectivity index (χ3n) is 5.89. The average Bonchev–Trinajstić information content (AvgIpc) is 3.02. The molecule has 0 radical (unpaired) electrons. The van der Waals surface area contributed by atoms with Crippen molar-refractivity contribution in [3.63, 3.8) is 0 Å². The first-order valence-corrected chi connectivity index (χ1v) is 13.2. The van der Waals surface area contributed by atoms with Crippen molar-refractivity contribution in [3.8, 4) is 28.7 Å². The topological polar surface area (TPSA) is 199 Å². The number of hydrogen-bond donors (Lipinski definition) is 2. The fraction of sp³-hybridized carbons (Fsp3) is 0.226. The van der Waals surface area contributed by atoms with Gasteiger partial charge in [-0.1, -0.05) is 6.07 Å². The Kier molecular flexibility index (Phi) is 11.6. The van der Waals surface area contributed by atoms with Crippen molar-refractivity contribution in [1.29, 1.82) is 0 Å². The van der Waals surface area contributed by atoms with Gasteiger partial charge in [-0.05, 0) is 48.5 Å². The monoisotopic (exact) mass is 639 g/mol. The maximum Gasteiger partial charge on any atom is 0.349 e. The zero-order valence-electron chi connectivity index (χ0n) is 25.2. The lowest BCUT2D eigenvalue weighted by Gasteiger charge is -2.24. The Morgan fingerprint density at radius 3 is 1.57 bits per heavy atom. The molecule has 2 N–H and O–H groups in total. The number of hydrogen-bond acceptors (Lipinski definition) is 13. The van der Waals surface area contributed by atoms with Crippen LogP contribution in [0.5, 0.6) is 28.7 Å². The summed E-state index contributed by atoms with van der Waals surface area (Å²) in [6, 6.07) is 13.0. The number of carboxylic acid groups (broad SMARTS) is 1. The molecule has 15 nitrogen and oxygen atoms in total. The van der Waals surface area contributed by atoms with Gasteiger partial charge < -0.3 is 43.6 Å². The van der Waals surface area contributed by atoms with Gasteiger partial charge in [0.1, 0.15) is 5.75 Å².